The Morgan fingerprint density at radius 2 is 1.44 bits per heavy atom. The number of hydrogen-bond acceptors (Lipinski definition) is 6. The number of aryl methyl sites for hydroxylation is 1. The van der Waals surface area contributed by atoms with Crippen LogP contribution in [0.1, 0.15) is 123 Å². The van der Waals surface area contributed by atoms with Gasteiger partial charge in [0.2, 0.25) is 0 Å². The minimum Gasteiger partial charge on any atom is -0.368 e. The van der Waals surface area contributed by atoms with E-state index in [-0.39, 0.29) is 24.4 Å². The van der Waals surface area contributed by atoms with Crippen molar-refractivity contribution in [3.8, 4) is 0 Å². The van der Waals surface area contributed by atoms with Gasteiger partial charge in [0.15, 0.2) is 17.9 Å². The van der Waals surface area contributed by atoms with E-state index in [1.807, 2.05) is 0 Å². The zero-order valence-corrected chi connectivity index (χ0v) is 25.3. The fourth-order valence-electron chi connectivity index (χ4n) is 6.68. The summed E-state index contributed by atoms with van der Waals surface area (Å²) in [4.78, 5) is 0. The lowest BCUT2D eigenvalue weighted by Gasteiger charge is -2.33. The summed E-state index contributed by atoms with van der Waals surface area (Å²) in [5, 5.41) is 0. The third-order valence-corrected chi connectivity index (χ3v) is 8.41. The minimum absolute atomic E-state index is 0.206. The first-order chi connectivity index (χ1) is 19.0. The molecule has 1 aromatic rings. The van der Waals surface area contributed by atoms with Crippen molar-refractivity contribution in [2.24, 2.45) is 0 Å². The highest BCUT2D eigenvalue weighted by molar-refractivity contribution is 5.23. The second-order valence-corrected chi connectivity index (χ2v) is 11.9. The maximum absolute atomic E-state index is 6.72. The molecule has 0 aromatic heterocycles. The van der Waals surface area contributed by atoms with E-state index < -0.39 is 17.9 Å². The Morgan fingerprint density at radius 3 is 2.13 bits per heavy atom. The summed E-state index contributed by atoms with van der Waals surface area (Å²) in [7, 11) is 0. The lowest BCUT2D eigenvalue weighted by molar-refractivity contribution is -0.258. The van der Waals surface area contributed by atoms with Crippen LogP contribution in [0.2, 0.25) is 0 Å². The summed E-state index contributed by atoms with van der Waals surface area (Å²) in [5.41, 5.74) is 2.57. The van der Waals surface area contributed by atoms with Crippen LogP contribution >= 0.6 is 0 Å². The van der Waals surface area contributed by atoms with Crippen LogP contribution in [-0.2, 0) is 41.4 Å². The maximum Gasteiger partial charge on any atom is 0.190 e. The summed E-state index contributed by atoms with van der Waals surface area (Å²) < 4.78 is 39.5. The minimum atomic E-state index is -0.592. The lowest BCUT2D eigenvalue weighted by atomic mass is 10.0. The molecule has 6 nitrogen and oxygen atoms in total. The van der Waals surface area contributed by atoms with Crippen LogP contribution in [0, 0.1) is 0 Å². The molecule has 222 valence electrons. The maximum atomic E-state index is 6.72. The van der Waals surface area contributed by atoms with E-state index in [0.717, 1.165) is 57.8 Å². The van der Waals surface area contributed by atoms with Crippen LogP contribution in [0.4, 0.5) is 0 Å². The number of ether oxygens (including phenoxy) is 6. The van der Waals surface area contributed by atoms with Gasteiger partial charge in [-0.1, -0.05) is 104 Å². The Bertz CT molecular complexity index is 846. The van der Waals surface area contributed by atoms with E-state index in [1.165, 1.54) is 36.8 Å². The van der Waals surface area contributed by atoms with Gasteiger partial charge in [0, 0.05) is 25.7 Å². The molecule has 39 heavy (non-hydrogen) atoms. The van der Waals surface area contributed by atoms with Gasteiger partial charge in [0.25, 0.3) is 0 Å². The third-order valence-electron chi connectivity index (χ3n) is 8.41. The van der Waals surface area contributed by atoms with E-state index in [1.54, 1.807) is 0 Å². The van der Waals surface area contributed by atoms with Crippen molar-refractivity contribution in [1.29, 1.82) is 0 Å². The zero-order chi connectivity index (χ0) is 27.7. The molecule has 0 amide bonds. The first-order valence-corrected chi connectivity index (χ1v) is 16.0. The highest BCUT2D eigenvalue weighted by Gasteiger charge is 2.61. The molecule has 3 aliphatic rings. The predicted molar refractivity (Wildman–Crippen MR) is 153 cm³/mol. The second kappa shape index (κ2) is 14.7. The molecule has 3 saturated heterocycles. The van der Waals surface area contributed by atoms with Gasteiger partial charge in [0.1, 0.15) is 24.4 Å². The predicted octanol–water partition coefficient (Wildman–Crippen LogP) is 7.84. The summed E-state index contributed by atoms with van der Waals surface area (Å²) >= 11 is 0. The van der Waals surface area contributed by atoms with E-state index >= 15 is 0 Å². The number of rotatable bonds is 17. The Morgan fingerprint density at radius 1 is 0.744 bits per heavy atom. The molecule has 0 radical (unpaired) electrons. The molecule has 3 aliphatic heterocycles. The average Bonchev–Trinajstić information content (AvgIpc) is 3.58. The quantitative estimate of drug-likeness (QED) is 0.186. The molecular formula is C33H54O6. The van der Waals surface area contributed by atoms with Crippen LogP contribution in [0.15, 0.2) is 24.3 Å². The van der Waals surface area contributed by atoms with Gasteiger partial charge in [-0.25, -0.2) is 0 Å². The summed E-state index contributed by atoms with van der Waals surface area (Å²) in [5.74, 6) is -1.12. The van der Waals surface area contributed by atoms with Crippen molar-refractivity contribution in [3.05, 3.63) is 35.4 Å². The molecule has 3 heterocycles. The Kier molecular flexibility index (Phi) is 11.7. The van der Waals surface area contributed by atoms with Gasteiger partial charge in [-0.3, -0.25) is 0 Å². The molecule has 6 heteroatoms. The van der Waals surface area contributed by atoms with Crippen molar-refractivity contribution < 1.29 is 28.4 Å². The van der Waals surface area contributed by atoms with Crippen molar-refractivity contribution in [3.63, 3.8) is 0 Å². The zero-order valence-electron chi connectivity index (χ0n) is 25.3. The molecule has 0 N–H and O–H groups in total. The van der Waals surface area contributed by atoms with Crippen molar-refractivity contribution in [1.82, 2.24) is 0 Å². The van der Waals surface area contributed by atoms with Crippen LogP contribution in [0.3, 0.4) is 0 Å². The van der Waals surface area contributed by atoms with Crippen LogP contribution < -0.4 is 0 Å². The summed E-state index contributed by atoms with van der Waals surface area (Å²) in [6, 6.07) is 8.83. The first kappa shape index (κ1) is 30.9. The SMILES string of the molecule is CCCCCCc1cccc(CO[C@@H]2[C@H]3OC(CCC)(CCC)O[C@H]3O[C@@H]2[C@H]2COC(CCC)(CCC)O2)c1. The number of unbranched alkanes of at least 4 members (excludes halogenated alkanes) is 3. The summed E-state index contributed by atoms with van der Waals surface area (Å²) in [6.45, 7) is 12.0. The molecule has 0 saturated carbocycles. The highest BCUT2D eigenvalue weighted by Crippen LogP contribution is 2.46. The number of benzene rings is 1. The molecule has 5 atom stereocenters. The molecule has 0 unspecified atom stereocenters. The van der Waals surface area contributed by atoms with Crippen molar-refractivity contribution in [2.45, 2.75) is 167 Å². The molecule has 1 aromatic carbocycles. The highest BCUT2D eigenvalue weighted by atomic mass is 16.9. The Labute approximate surface area is 237 Å². The van der Waals surface area contributed by atoms with E-state index in [4.69, 9.17) is 28.4 Å². The van der Waals surface area contributed by atoms with Gasteiger partial charge in [0.05, 0.1) is 13.2 Å². The second-order valence-electron chi connectivity index (χ2n) is 11.9. The van der Waals surface area contributed by atoms with Crippen molar-refractivity contribution >= 4 is 0 Å². The molecule has 0 spiro atoms. The van der Waals surface area contributed by atoms with Gasteiger partial charge in [-0.15, -0.1) is 0 Å². The molecular weight excluding hydrogens is 492 g/mol. The average molecular weight is 547 g/mol. The normalized spacial score (nSPS) is 29.2. The van der Waals surface area contributed by atoms with E-state index in [0.29, 0.717) is 13.2 Å². The van der Waals surface area contributed by atoms with Gasteiger partial charge >= 0.3 is 0 Å². The number of hydrogen-bond donors (Lipinski definition) is 0. The van der Waals surface area contributed by atoms with Gasteiger partial charge < -0.3 is 28.4 Å². The number of fused-ring (bicyclic) bond motifs is 1. The molecule has 0 aliphatic carbocycles. The van der Waals surface area contributed by atoms with Crippen LogP contribution in [0.25, 0.3) is 0 Å². The molecule has 3 fully saturated rings. The van der Waals surface area contributed by atoms with Gasteiger partial charge in [-0.2, -0.15) is 0 Å². The monoisotopic (exact) mass is 546 g/mol. The van der Waals surface area contributed by atoms with E-state index in [2.05, 4.69) is 58.9 Å². The lowest BCUT2D eigenvalue weighted by Crippen LogP contribution is -2.45. The third kappa shape index (κ3) is 7.64. The Balaban J connectivity index is 1.48. The summed E-state index contributed by atoms with van der Waals surface area (Å²) in [6.07, 6.45) is 12.2. The van der Waals surface area contributed by atoms with Crippen molar-refractivity contribution in [2.75, 3.05) is 6.61 Å². The fraction of sp³-hybridized carbons (Fsp3) is 0.818. The van der Waals surface area contributed by atoms with E-state index in [9.17, 15) is 0 Å². The Hall–Kier alpha value is -1.02. The van der Waals surface area contributed by atoms with Crippen LogP contribution in [0.5, 0.6) is 0 Å². The largest absolute Gasteiger partial charge is 0.368 e. The van der Waals surface area contributed by atoms with Crippen LogP contribution in [-0.4, -0.2) is 48.9 Å². The molecule has 0 bridgehead atoms. The molecule has 4 rings (SSSR count). The fourth-order valence-corrected chi connectivity index (χ4v) is 6.68. The van der Waals surface area contributed by atoms with Gasteiger partial charge in [-0.05, 0) is 24.0 Å². The standard InChI is InChI=1S/C33H54O6/c1-6-11-12-13-15-25-16-14-17-26(22-25)23-34-29-28(27-24-35-32(37-27,18-7-2)19-8-3)36-31-30(29)38-33(39-31,20-9-4)21-10-5/h14,16-17,22,27-31H,6-13,15,18-21,23-24H2,1-5H3/t27-,28-,29+,30-,31-/m1/s1. The first-order valence-electron chi connectivity index (χ1n) is 16.0. The smallest absolute Gasteiger partial charge is 0.190 e. The topological polar surface area (TPSA) is 55.4 Å².